The van der Waals surface area contributed by atoms with Gasteiger partial charge >= 0.3 is 0 Å². The van der Waals surface area contributed by atoms with Gasteiger partial charge in [0.05, 0.1) is 6.54 Å². The van der Waals surface area contributed by atoms with Gasteiger partial charge in [0.2, 0.25) is 11.8 Å². The van der Waals surface area contributed by atoms with Gasteiger partial charge in [-0.25, -0.2) is 0 Å². The lowest BCUT2D eigenvalue weighted by Gasteiger charge is -2.17. The van der Waals surface area contributed by atoms with Crippen LogP contribution in [0, 0.1) is 11.8 Å². The van der Waals surface area contributed by atoms with Crippen molar-refractivity contribution in [3.8, 4) is 0 Å². The smallest absolute Gasteiger partial charge is 0.241 e. The highest BCUT2D eigenvalue weighted by Gasteiger charge is 2.37. The van der Waals surface area contributed by atoms with Crippen molar-refractivity contribution in [3.63, 3.8) is 0 Å². The highest BCUT2D eigenvalue weighted by molar-refractivity contribution is 5.84. The van der Waals surface area contributed by atoms with Gasteiger partial charge < -0.3 is 15.5 Å². The molecule has 0 saturated carbocycles. The van der Waals surface area contributed by atoms with Crippen LogP contribution in [0.1, 0.15) is 19.8 Å². The number of carbonyl (C=O) groups excluding carboxylic acids is 2. The summed E-state index contributed by atoms with van der Waals surface area (Å²) < 4.78 is 0. The third-order valence-electron chi connectivity index (χ3n) is 3.66. The molecule has 0 spiro atoms. The van der Waals surface area contributed by atoms with Crippen LogP contribution in [0.15, 0.2) is 0 Å². The van der Waals surface area contributed by atoms with Gasteiger partial charge in [-0.15, -0.1) is 0 Å². The van der Waals surface area contributed by atoms with Crippen LogP contribution in [0.25, 0.3) is 0 Å². The van der Waals surface area contributed by atoms with E-state index >= 15 is 0 Å². The maximum Gasteiger partial charge on any atom is 0.241 e. The summed E-state index contributed by atoms with van der Waals surface area (Å²) in [6.45, 7) is 5.86. The molecule has 2 atom stereocenters. The van der Waals surface area contributed by atoms with E-state index in [1.54, 1.807) is 0 Å². The minimum absolute atomic E-state index is 0.0260. The topological polar surface area (TPSA) is 61.4 Å². The van der Waals surface area contributed by atoms with Crippen LogP contribution in [0.2, 0.25) is 0 Å². The molecule has 5 heteroatoms. The maximum absolute atomic E-state index is 11.9. The van der Waals surface area contributed by atoms with Gasteiger partial charge in [-0.05, 0) is 18.3 Å². The van der Waals surface area contributed by atoms with Gasteiger partial charge in [-0.2, -0.15) is 0 Å². The van der Waals surface area contributed by atoms with Crippen LogP contribution in [0.3, 0.4) is 0 Å². The average molecular weight is 239 g/mol. The summed E-state index contributed by atoms with van der Waals surface area (Å²) in [6, 6.07) is 0. The normalized spacial score (nSPS) is 27.0. The van der Waals surface area contributed by atoms with Crippen molar-refractivity contribution in [2.24, 2.45) is 11.8 Å². The molecule has 0 unspecified atom stereocenters. The van der Waals surface area contributed by atoms with Crippen molar-refractivity contribution in [1.82, 2.24) is 15.5 Å². The second-order valence-electron chi connectivity index (χ2n) is 5.00. The molecule has 0 aromatic rings. The van der Waals surface area contributed by atoms with Gasteiger partial charge in [-0.1, -0.05) is 6.92 Å². The minimum Gasteiger partial charge on any atom is -0.347 e. The molecule has 2 aliphatic heterocycles. The molecule has 0 aromatic heterocycles. The van der Waals surface area contributed by atoms with Gasteiger partial charge in [-0.3, -0.25) is 9.59 Å². The Bertz CT molecular complexity index is 294. The molecule has 0 aliphatic carbocycles. The molecule has 5 nitrogen and oxygen atoms in total. The zero-order valence-corrected chi connectivity index (χ0v) is 10.4. The Labute approximate surface area is 102 Å². The number of hydrogen-bond acceptors (Lipinski definition) is 3. The van der Waals surface area contributed by atoms with Crippen LogP contribution >= 0.6 is 0 Å². The summed E-state index contributed by atoms with van der Waals surface area (Å²) in [5.41, 5.74) is 0. The molecule has 17 heavy (non-hydrogen) atoms. The van der Waals surface area contributed by atoms with Crippen molar-refractivity contribution in [3.05, 3.63) is 0 Å². The first-order valence-corrected chi connectivity index (χ1v) is 6.46. The Morgan fingerprint density at radius 2 is 1.94 bits per heavy atom. The number of amides is 2. The van der Waals surface area contributed by atoms with Gasteiger partial charge in [0.25, 0.3) is 0 Å². The number of likely N-dealkylation sites (tertiary alicyclic amines) is 1. The third-order valence-corrected chi connectivity index (χ3v) is 3.66. The van der Waals surface area contributed by atoms with E-state index in [1.165, 1.54) is 0 Å². The number of carbonyl (C=O) groups is 2. The molecule has 2 aliphatic rings. The van der Waals surface area contributed by atoms with Crippen LogP contribution in [-0.4, -0.2) is 49.4 Å². The van der Waals surface area contributed by atoms with Crippen LogP contribution < -0.4 is 10.6 Å². The van der Waals surface area contributed by atoms with Crippen LogP contribution in [0.5, 0.6) is 0 Å². The Balaban J connectivity index is 1.72. The van der Waals surface area contributed by atoms with E-state index in [4.69, 9.17) is 0 Å². The molecule has 96 valence electrons. The number of hydrogen-bond donors (Lipinski definition) is 2. The van der Waals surface area contributed by atoms with E-state index < -0.39 is 0 Å². The predicted octanol–water partition coefficient (Wildman–Crippen LogP) is -0.419. The molecule has 2 saturated heterocycles. The van der Waals surface area contributed by atoms with Gasteiger partial charge in [0.15, 0.2) is 0 Å². The second kappa shape index (κ2) is 5.49. The van der Waals surface area contributed by atoms with Crippen molar-refractivity contribution in [2.45, 2.75) is 19.8 Å². The van der Waals surface area contributed by atoms with Crippen molar-refractivity contribution in [2.75, 3.05) is 32.7 Å². The average Bonchev–Trinajstić information content (AvgIpc) is 2.86. The quantitative estimate of drug-likeness (QED) is 0.700. The Hall–Kier alpha value is -1.10. The number of fused-ring (bicyclic) bond motifs is 1. The molecule has 0 bridgehead atoms. The monoisotopic (exact) mass is 239 g/mol. The zero-order valence-electron chi connectivity index (χ0n) is 10.4. The third kappa shape index (κ3) is 2.97. The SMILES string of the molecule is CCCC(=O)NCC(=O)N1C[C@H]2CNC[C@H]2C1. The highest BCUT2D eigenvalue weighted by Crippen LogP contribution is 2.25. The first-order valence-electron chi connectivity index (χ1n) is 6.46. The maximum atomic E-state index is 11.9. The van der Waals surface area contributed by atoms with Gasteiger partial charge in [0.1, 0.15) is 0 Å². The summed E-state index contributed by atoms with van der Waals surface area (Å²) in [7, 11) is 0. The first kappa shape index (κ1) is 12.4. The van der Waals surface area contributed by atoms with E-state index in [2.05, 4.69) is 10.6 Å². The van der Waals surface area contributed by atoms with Gasteiger partial charge in [0, 0.05) is 32.6 Å². The fraction of sp³-hybridized carbons (Fsp3) is 0.833. The summed E-state index contributed by atoms with van der Waals surface area (Å²) in [6.07, 6.45) is 1.32. The molecule has 0 aromatic carbocycles. The standard InChI is InChI=1S/C12H21N3O2/c1-2-3-11(16)14-6-12(17)15-7-9-4-13-5-10(9)8-15/h9-10,13H,2-8H2,1H3,(H,14,16)/t9-,10+. The van der Waals surface area contributed by atoms with Crippen molar-refractivity contribution >= 4 is 11.8 Å². The largest absolute Gasteiger partial charge is 0.347 e. The molecule has 2 heterocycles. The number of nitrogens with one attached hydrogen (secondary N) is 2. The Morgan fingerprint density at radius 1 is 1.29 bits per heavy atom. The van der Waals surface area contributed by atoms with Crippen molar-refractivity contribution in [1.29, 1.82) is 0 Å². The Morgan fingerprint density at radius 3 is 2.53 bits per heavy atom. The summed E-state index contributed by atoms with van der Waals surface area (Å²) >= 11 is 0. The van der Waals surface area contributed by atoms with E-state index in [-0.39, 0.29) is 18.4 Å². The lowest BCUT2D eigenvalue weighted by molar-refractivity contribution is -0.132. The first-order chi connectivity index (χ1) is 8.20. The second-order valence-corrected chi connectivity index (χ2v) is 5.00. The summed E-state index contributed by atoms with van der Waals surface area (Å²) in [5.74, 6) is 1.27. The van der Waals surface area contributed by atoms with E-state index in [9.17, 15) is 9.59 Å². The molecule has 2 amide bonds. The fourth-order valence-electron chi connectivity index (χ4n) is 2.66. The molecule has 2 fully saturated rings. The lowest BCUT2D eigenvalue weighted by atomic mass is 10.0. The van der Waals surface area contributed by atoms with Crippen molar-refractivity contribution < 1.29 is 9.59 Å². The number of nitrogens with zero attached hydrogens (tertiary/aromatic N) is 1. The summed E-state index contributed by atoms with van der Waals surface area (Å²) in [4.78, 5) is 25.0. The van der Waals surface area contributed by atoms with E-state index in [0.717, 1.165) is 32.6 Å². The zero-order chi connectivity index (χ0) is 12.3. The Kier molecular flexibility index (Phi) is 3.99. The molecule has 0 radical (unpaired) electrons. The van der Waals surface area contributed by atoms with E-state index in [1.807, 2.05) is 11.8 Å². The predicted molar refractivity (Wildman–Crippen MR) is 64.3 cm³/mol. The molecule has 2 N–H and O–H groups in total. The lowest BCUT2D eigenvalue weighted by Crippen LogP contribution is -2.40. The number of rotatable bonds is 4. The molecular weight excluding hydrogens is 218 g/mol. The minimum atomic E-state index is -0.0260. The fourth-order valence-corrected chi connectivity index (χ4v) is 2.66. The van der Waals surface area contributed by atoms with Crippen LogP contribution in [0.4, 0.5) is 0 Å². The molecule has 2 rings (SSSR count). The summed E-state index contributed by atoms with van der Waals surface area (Å²) in [5, 5.41) is 6.02. The van der Waals surface area contributed by atoms with E-state index in [0.29, 0.717) is 18.3 Å². The molecular formula is C12H21N3O2. The van der Waals surface area contributed by atoms with Crippen LogP contribution in [-0.2, 0) is 9.59 Å². The highest BCUT2D eigenvalue weighted by atomic mass is 16.2.